The predicted molar refractivity (Wildman–Crippen MR) is 134 cm³/mol. The van der Waals surface area contributed by atoms with Crippen molar-refractivity contribution in [1.82, 2.24) is 20.4 Å². The largest absolute Gasteiger partial charge is 0.482 e. The Morgan fingerprint density at radius 2 is 2.11 bits per heavy atom. The number of benzene rings is 1. The highest BCUT2D eigenvalue weighted by molar-refractivity contribution is 5.97. The monoisotopic (exact) mass is 495 g/mol. The van der Waals surface area contributed by atoms with E-state index in [1.54, 1.807) is 35.0 Å². The van der Waals surface area contributed by atoms with Gasteiger partial charge in [-0.3, -0.25) is 14.9 Å². The molecule has 10 heteroatoms. The van der Waals surface area contributed by atoms with E-state index >= 15 is 0 Å². The van der Waals surface area contributed by atoms with Gasteiger partial charge in [-0.1, -0.05) is 12.1 Å². The second-order valence-electron chi connectivity index (χ2n) is 9.72. The van der Waals surface area contributed by atoms with E-state index in [4.69, 9.17) is 4.74 Å². The molecule has 1 aromatic rings. The minimum atomic E-state index is -0.976. The van der Waals surface area contributed by atoms with Crippen LogP contribution in [0, 0.1) is 0 Å². The SMILES string of the molecule is CN1C(=O)COc2cc([C@H](CC(=O)O)N3CCN(CCCC4=CC=C5CCCNC5N4)C3=O)ccc21. The lowest BCUT2D eigenvalue weighted by Gasteiger charge is -2.32. The Kier molecular flexibility index (Phi) is 6.86. The van der Waals surface area contributed by atoms with Crippen molar-refractivity contribution in [2.75, 3.05) is 44.7 Å². The van der Waals surface area contributed by atoms with E-state index < -0.39 is 12.0 Å². The van der Waals surface area contributed by atoms with Crippen molar-refractivity contribution in [2.24, 2.45) is 0 Å². The maximum atomic E-state index is 13.3. The van der Waals surface area contributed by atoms with Gasteiger partial charge >= 0.3 is 12.0 Å². The Morgan fingerprint density at radius 3 is 2.94 bits per heavy atom. The summed E-state index contributed by atoms with van der Waals surface area (Å²) < 4.78 is 5.58. The number of ether oxygens (including phenoxy) is 1. The summed E-state index contributed by atoms with van der Waals surface area (Å²) in [6.07, 6.45) is 8.32. The van der Waals surface area contributed by atoms with Crippen LogP contribution >= 0.6 is 0 Å². The number of likely N-dealkylation sites (N-methyl/N-ethyl adjacent to an activating group) is 1. The average molecular weight is 496 g/mol. The third kappa shape index (κ3) is 4.90. The van der Waals surface area contributed by atoms with Crippen molar-refractivity contribution < 1.29 is 24.2 Å². The Bertz CT molecular complexity index is 1120. The number of piperidine rings is 1. The number of fused-ring (bicyclic) bond motifs is 2. The van der Waals surface area contributed by atoms with E-state index in [9.17, 15) is 19.5 Å². The molecule has 5 rings (SSSR count). The number of nitrogens with one attached hydrogen (secondary N) is 2. The van der Waals surface area contributed by atoms with Gasteiger partial charge in [0.1, 0.15) is 5.75 Å². The number of amides is 3. The standard InChI is InChI=1S/C26H33N5O5/c1-29-20-9-7-18(14-22(20)36-16-23(29)32)21(15-24(33)34)31-13-12-30(26(31)35)11-3-5-19-8-6-17-4-2-10-27-25(17)28-19/h6-9,14,21,25,27-28H,2-5,10-13,15-16H2,1H3,(H,33,34)/t21-,25?/m0/s1. The molecule has 3 N–H and O–H groups in total. The zero-order chi connectivity index (χ0) is 25.2. The number of carboxylic acid groups (broad SMARTS) is 1. The van der Waals surface area contributed by atoms with Crippen molar-refractivity contribution in [3.05, 3.63) is 47.2 Å². The van der Waals surface area contributed by atoms with Crippen LogP contribution in [0.25, 0.3) is 0 Å². The number of dihydropyridines is 1. The van der Waals surface area contributed by atoms with Gasteiger partial charge in [0.15, 0.2) is 6.61 Å². The summed E-state index contributed by atoms with van der Waals surface area (Å²) in [5, 5.41) is 16.6. The van der Waals surface area contributed by atoms with Crippen LogP contribution in [0.3, 0.4) is 0 Å². The first-order chi connectivity index (χ1) is 17.4. The van der Waals surface area contributed by atoms with Crippen molar-refractivity contribution in [2.45, 2.75) is 44.3 Å². The summed E-state index contributed by atoms with van der Waals surface area (Å²) in [6, 6.07) is 4.53. The minimum absolute atomic E-state index is 0.0633. The molecule has 2 atom stereocenters. The van der Waals surface area contributed by atoms with Gasteiger partial charge in [-0.25, -0.2) is 4.79 Å². The first-order valence-corrected chi connectivity index (χ1v) is 12.6. The predicted octanol–water partition coefficient (Wildman–Crippen LogP) is 2.20. The number of allylic oxidation sites excluding steroid dienone is 3. The van der Waals surface area contributed by atoms with Gasteiger partial charge in [0, 0.05) is 32.4 Å². The Labute approximate surface area is 210 Å². The van der Waals surface area contributed by atoms with Crippen molar-refractivity contribution in [3.63, 3.8) is 0 Å². The molecule has 10 nitrogen and oxygen atoms in total. The molecule has 0 aliphatic carbocycles. The number of carbonyl (C=O) groups is 3. The fraction of sp³-hybridized carbons (Fsp3) is 0.500. The molecule has 2 saturated heterocycles. The third-order valence-corrected chi connectivity index (χ3v) is 7.39. The molecule has 1 aromatic carbocycles. The lowest BCUT2D eigenvalue weighted by atomic mass is 9.99. The summed E-state index contributed by atoms with van der Waals surface area (Å²) in [5.74, 6) is -0.601. The average Bonchev–Trinajstić information content (AvgIpc) is 3.24. The number of hydrogen-bond donors (Lipinski definition) is 3. The number of carbonyl (C=O) groups excluding carboxylic acids is 2. The number of aliphatic carboxylic acids is 1. The summed E-state index contributed by atoms with van der Waals surface area (Å²) in [6.45, 7) is 2.60. The molecule has 4 aliphatic rings. The maximum Gasteiger partial charge on any atom is 0.320 e. The van der Waals surface area contributed by atoms with E-state index in [2.05, 4.69) is 22.8 Å². The number of rotatable bonds is 8. The second kappa shape index (κ2) is 10.2. The van der Waals surface area contributed by atoms with Gasteiger partial charge in [0.2, 0.25) is 0 Å². The molecular weight excluding hydrogens is 462 g/mol. The summed E-state index contributed by atoms with van der Waals surface area (Å²) in [7, 11) is 1.68. The van der Waals surface area contributed by atoms with E-state index in [1.165, 1.54) is 22.6 Å². The molecule has 0 spiro atoms. The van der Waals surface area contributed by atoms with Gasteiger partial charge in [0.25, 0.3) is 5.91 Å². The van der Waals surface area contributed by atoms with Crippen LogP contribution < -0.4 is 20.3 Å². The maximum absolute atomic E-state index is 13.3. The number of carboxylic acids is 1. The zero-order valence-corrected chi connectivity index (χ0v) is 20.5. The zero-order valence-electron chi connectivity index (χ0n) is 20.5. The fourth-order valence-corrected chi connectivity index (χ4v) is 5.37. The van der Waals surface area contributed by atoms with Crippen LogP contribution in [0.4, 0.5) is 10.5 Å². The number of hydrogen-bond acceptors (Lipinski definition) is 6. The van der Waals surface area contributed by atoms with Crippen LogP contribution in [0.2, 0.25) is 0 Å². The summed E-state index contributed by atoms with van der Waals surface area (Å²) in [4.78, 5) is 41.9. The van der Waals surface area contributed by atoms with Gasteiger partial charge < -0.3 is 29.9 Å². The molecule has 4 aliphatic heterocycles. The lowest BCUT2D eigenvalue weighted by molar-refractivity contribution is -0.138. The normalized spacial score (nSPS) is 22.2. The fourth-order valence-electron chi connectivity index (χ4n) is 5.37. The first kappa shape index (κ1) is 24.2. The van der Waals surface area contributed by atoms with Crippen LogP contribution in [0.15, 0.2) is 41.6 Å². The number of urea groups is 1. The minimum Gasteiger partial charge on any atom is -0.482 e. The number of nitrogens with zero attached hydrogens (tertiary/aromatic N) is 3. The molecule has 1 unspecified atom stereocenters. The van der Waals surface area contributed by atoms with Gasteiger partial charge in [0.05, 0.1) is 24.3 Å². The third-order valence-electron chi connectivity index (χ3n) is 7.39. The van der Waals surface area contributed by atoms with Crippen molar-refractivity contribution in [1.29, 1.82) is 0 Å². The van der Waals surface area contributed by atoms with Crippen LogP contribution in [-0.2, 0) is 9.59 Å². The van der Waals surface area contributed by atoms with Crippen LogP contribution in [0.5, 0.6) is 5.75 Å². The van der Waals surface area contributed by atoms with Gasteiger partial charge in [-0.15, -0.1) is 0 Å². The molecule has 4 heterocycles. The van der Waals surface area contributed by atoms with Crippen LogP contribution in [-0.4, -0.2) is 78.8 Å². The first-order valence-electron chi connectivity index (χ1n) is 12.6. The molecule has 2 fully saturated rings. The van der Waals surface area contributed by atoms with E-state index in [1.807, 2.05) is 0 Å². The Balaban J connectivity index is 1.23. The van der Waals surface area contributed by atoms with E-state index in [0.29, 0.717) is 36.6 Å². The second-order valence-corrected chi connectivity index (χ2v) is 9.72. The van der Waals surface area contributed by atoms with E-state index in [0.717, 1.165) is 25.8 Å². The summed E-state index contributed by atoms with van der Waals surface area (Å²) >= 11 is 0. The molecular formula is C26H33N5O5. The lowest BCUT2D eigenvalue weighted by Crippen LogP contribution is -2.47. The number of anilines is 1. The van der Waals surface area contributed by atoms with Crippen molar-refractivity contribution >= 4 is 23.6 Å². The van der Waals surface area contributed by atoms with E-state index in [-0.39, 0.29) is 31.1 Å². The smallest absolute Gasteiger partial charge is 0.320 e. The summed E-state index contributed by atoms with van der Waals surface area (Å²) in [5.41, 5.74) is 3.89. The van der Waals surface area contributed by atoms with Crippen molar-refractivity contribution in [3.8, 4) is 5.75 Å². The molecule has 3 amide bonds. The Hall–Kier alpha value is -3.53. The molecule has 0 radical (unpaired) electrons. The molecule has 0 saturated carbocycles. The molecule has 192 valence electrons. The van der Waals surface area contributed by atoms with Crippen LogP contribution in [0.1, 0.15) is 43.7 Å². The Morgan fingerprint density at radius 1 is 1.25 bits per heavy atom. The molecule has 36 heavy (non-hydrogen) atoms. The molecule has 0 aromatic heterocycles. The topological polar surface area (TPSA) is 114 Å². The highest BCUT2D eigenvalue weighted by atomic mass is 16.5. The molecule has 0 bridgehead atoms. The highest BCUT2D eigenvalue weighted by Crippen LogP contribution is 2.37. The quantitative estimate of drug-likeness (QED) is 0.507. The van der Waals surface area contributed by atoms with Gasteiger partial charge in [-0.2, -0.15) is 0 Å². The van der Waals surface area contributed by atoms with Gasteiger partial charge in [-0.05, 0) is 61.6 Å². The highest BCUT2D eigenvalue weighted by Gasteiger charge is 2.36.